The molecule has 0 radical (unpaired) electrons. The summed E-state index contributed by atoms with van der Waals surface area (Å²) in [6, 6.07) is 4.48. The zero-order valence-electron chi connectivity index (χ0n) is 13.9. The number of aryl methyl sites for hydroxylation is 3. The highest BCUT2D eigenvalue weighted by molar-refractivity contribution is 5.72. The molecule has 0 aliphatic carbocycles. The third kappa shape index (κ3) is 3.07. The second-order valence-electron chi connectivity index (χ2n) is 5.92. The lowest BCUT2D eigenvalue weighted by Gasteiger charge is -2.18. The van der Waals surface area contributed by atoms with E-state index in [1.165, 1.54) is 27.8 Å². The van der Waals surface area contributed by atoms with Gasteiger partial charge in [0.2, 0.25) is 0 Å². The van der Waals surface area contributed by atoms with Crippen molar-refractivity contribution in [2.75, 3.05) is 11.9 Å². The van der Waals surface area contributed by atoms with Gasteiger partial charge in [0.1, 0.15) is 12.1 Å². The number of nitrogens with zero attached hydrogens (tertiary/aromatic N) is 2. The van der Waals surface area contributed by atoms with E-state index >= 15 is 0 Å². The Balaban J connectivity index is 2.69. The van der Waals surface area contributed by atoms with Gasteiger partial charge in [0.25, 0.3) is 0 Å². The lowest BCUT2D eigenvalue weighted by atomic mass is 9.92. The van der Waals surface area contributed by atoms with Crippen LogP contribution in [0.4, 0.5) is 5.82 Å². The van der Waals surface area contributed by atoms with E-state index in [0.29, 0.717) is 5.92 Å². The first-order valence-electron chi connectivity index (χ1n) is 7.62. The van der Waals surface area contributed by atoms with Crippen molar-refractivity contribution in [2.24, 2.45) is 0 Å². The van der Waals surface area contributed by atoms with Crippen LogP contribution in [0.3, 0.4) is 0 Å². The van der Waals surface area contributed by atoms with Crippen molar-refractivity contribution in [3.63, 3.8) is 0 Å². The second kappa shape index (κ2) is 6.25. The van der Waals surface area contributed by atoms with E-state index in [4.69, 9.17) is 0 Å². The standard InChI is InChI=1S/C18H25N3/c1-7-19-18-16(11(2)3)17(20-10-21-18)15-9-13(5)12(4)8-14(15)6/h8-11H,7H2,1-6H3,(H,19,20,21). The van der Waals surface area contributed by atoms with Crippen LogP contribution < -0.4 is 5.32 Å². The molecule has 3 nitrogen and oxygen atoms in total. The number of hydrogen-bond acceptors (Lipinski definition) is 3. The number of benzene rings is 1. The molecule has 1 aromatic heterocycles. The van der Waals surface area contributed by atoms with Crippen molar-refractivity contribution in [1.29, 1.82) is 0 Å². The lowest BCUT2D eigenvalue weighted by molar-refractivity contribution is 0.849. The Morgan fingerprint density at radius 1 is 1.00 bits per heavy atom. The monoisotopic (exact) mass is 283 g/mol. The largest absolute Gasteiger partial charge is 0.370 e. The van der Waals surface area contributed by atoms with Gasteiger partial charge in [-0.1, -0.05) is 19.9 Å². The SMILES string of the molecule is CCNc1ncnc(-c2cc(C)c(C)cc2C)c1C(C)C. The van der Waals surface area contributed by atoms with Crippen molar-refractivity contribution in [2.45, 2.75) is 47.5 Å². The van der Waals surface area contributed by atoms with Gasteiger partial charge in [0, 0.05) is 17.7 Å². The van der Waals surface area contributed by atoms with Gasteiger partial charge in [-0.3, -0.25) is 0 Å². The summed E-state index contributed by atoms with van der Waals surface area (Å²) in [5.41, 5.74) is 7.35. The summed E-state index contributed by atoms with van der Waals surface area (Å²) in [6.45, 7) is 13.8. The minimum absolute atomic E-state index is 0.372. The van der Waals surface area contributed by atoms with E-state index in [2.05, 4.69) is 69.0 Å². The molecule has 0 aliphatic heterocycles. The fourth-order valence-electron chi connectivity index (χ4n) is 2.68. The van der Waals surface area contributed by atoms with Gasteiger partial charge in [0.05, 0.1) is 5.69 Å². The zero-order chi connectivity index (χ0) is 15.6. The average molecular weight is 283 g/mol. The molecule has 0 fully saturated rings. The molecule has 0 amide bonds. The van der Waals surface area contributed by atoms with Crippen molar-refractivity contribution >= 4 is 5.82 Å². The normalized spacial score (nSPS) is 11.0. The van der Waals surface area contributed by atoms with E-state index in [1.54, 1.807) is 6.33 Å². The molecule has 0 spiro atoms. The number of rotatable bonds is 4. The Hall–Kier alpha value is -1.90. The average Bonchev–Trinajstić information content (AvgIpc) is 2.42. The first-order valence-corrected chi connectivity index (χ1v) is 7.62. The molecule has 0 saturated carbocycles. The van der Waals surface area contributed by atoms with Gasteiger partial charge in [-0.25, -0.2) is 9.97 Å². The lowest BCUT2D eigenvalue weighted by Crippen LogP contribution is -2.08. The van der Waals surface area contributed by atoms with Crippen molar-refractivity contribution in [1.82, 2.24) is 9.97 Å². The van der Waals surface area contributed by atoms with Crippen LogP contribution in [0, 0.1) is 20.8 Å². The summed E-state index contributed by atoms with van der Waals surface area (Å²) in [5.74, 6) is 1.33. The van der Waals surface area contributed by atoms with Gasteiger partial charge >= 0.3 is 0 Å². The molecule has 1 aromatic carbocycles. The van der Waals surface area contributed by atoms with Crippen LogP contribution in [0.5, 0.6) is 0 Å². The van der Waals surface area contributed by atoms with E-state index in [0.717, 1.165) is 18.1 Å². The number of hydrogen-bond donors (Lipinski definition) is 1. The van der Waals surface area contributed by atoms with Gasteiger partial charge < -0.3 is 5.32 Å². The first-order chi connectivity index (χ1) is 9.95. The van der Waals surface area contributed by atoms with Crippen molar-refractivity contribution in [3.8, 4) is 11.3 Å². The molecule has 0 saturated heterocycles. The minimum atomic E-state index is 0.372. The summed E-state index contributed by atoms with van der Waals surface area (Å²) >= 11 is 0. The number of nitrogens with one attached hydrogen (secondary N) is 1. The Morgan fingerprint density at radius 3 is 2.29 bits per heavy atom. The molecule has 0 atom stereocenters. The zero-order valence-corrected chi connectivity index (χ0v) is 13.9. The van der Waals surface area contributed by atoms with E-state index < -0.39 is 0 Å². The van der Waals surface area contributed by atoms with Crippen LogP contribution in [0.15, 0.2) is 18.5 Å². The fourth-order valence-corrected chi connectivity index (χ4v) is 2.68. The second-order valence-corrected chi connectivity index (χ2v) is 5.92. The van der Waals surface area contributed by atoms with E-state index in [9.17, 15) is 0 Å². The third-order valence-electron chi connectivity index (χ3n) is 3.90. The van der Waals surface area contributed by atoms with Crippen LogP contribution in [0.2, 0.25) is 0 Å². The Morgan fingerprint density at radius 2 is 1.67 bits per heavy atom. The molecule has 2 rings (SSSR count). The predicted molar refractivity (Wildman–Crippen MR) is 89.9 cm³/mol. The highest BCUT2D eigenvalue weighted by Gasteiger charge is 2.17. The topological polar surface area (TPSA) is 37.8 Å². The molecular formula is C18H25N3. The summed E-state index contributed by atoms with van der Waals surface area (Å²) in [4.78, 5) is 9.02. The molecule has 0 aliphatic rings. The van der Waals surface area contributed by atoms with Crippen LogP contribution >= 0.6 is 0 Å². The summed E-state index contributed by atoms with van der Waals surface area (Å²) in [7, 11) is 0. The molecule has 112 valence electrons. The minimum Gasteiger partial charge on any atom is -0.370 e. The van der Waals surface area contributed by atoms with Crippen LogP contribution in [-0.4, -0.2) is 16.5 Å². The van der Waals surface area contributed by atoms with Crippen molar-refractivity contribution in [3.05, 3.63) is 40.7 Å². The van der Waals surface area contributed by atoms with E-state index in [1.807, 2.05) is 0 Å². The smallest absolute Gasteiger partial charge is 0.133 e. The molecule has 1 heterocycles. The summed E-state index contributed by atoms with van der Waals surface area (Å²) in [6.07, 6.45) is 1.66. The summed E-state index contributed by atoms with van der Waals surface area (Å²) in [5, 5.41) is 3.36. The molecule has 1 N–H and O–H groups in total. The Bertz CT molecular complexity index is 645. The maximum Gasteiger partial charge on any atom is 0.133 e. The highest BCUT2D eigenvalue weighted by Crippen LogP contribution is 2.34. The predicted octanol–water partition coefficient (Wildman–Crippen LogP) is 4.62. The fraction of sp³-hybridized carbons (Fsp3) is 0.444. The molecule has 2 aromatic rings. The van der Waals surface area contributed by atoms with E-state index in [-0.39, 0.29) is 0 Å². The van der Waals surface area contributed by atoms with Crippen LogP contribution in [-0.2, 0) is 0 Å². The molecule has 21 heavy (non-hydrogen) atoms. The quantitative estimate of drug-likeness (QED) is 0.889. The Labute approximate surface area is 127 Å². The maximum absolute atomic E-state index is 4.59. The first kappa shape index (κ1) is 15.5. The van der Waals surface area contributed by atoms with Crippen molar-refractivity contribution < 1.29 is 0 Å². The van der Waals surface area contributed by atoms with Gasteiger partial charge in [-0.05, 0) is 56.4 Å². The number of aromatic nitrogens is 2. The van der Waals surface area contributed by atoms with Gasteiger partial charge in [0.15, 0.2) is 0 Å². The summed E-state index contributed by atoms with van der Waals surface area (Å²) < 4.78 is 0. The molecular weight excluding hydrogens is 258 g/mol. The van der Waals surface area contributed by atoms with Gasteiger partial charge in [-0.15, -0.1) is 0 Å². The number of anilines is 1. The van der Waals surface area contributed by atoms with Crippen LogP contribution in [0.25, 0.3) is 11.3 Å². The van der Waals surface area contributed by atoms with Gasteiger partial charge in [-0.2, -0.15) is 0 Å². The highest BCUT2D eigenvalue weighted by atomic mass is 15.0. The Kier molecular flexibility index (Phi) is 4.61. The van der Waals surface area contributed by atoms with Crippen LogP contribution in [0.1, 0.15) is 48.9 Å². The third-order valence-corrected chi connectivity index (χ3v) is 3.90. The molecule has 0 unspecified atom stereocenters. The maximum atomic E-state index is 4.59. The molecule has 0 bridgehead atoms. The molecule has 3 heteroatoms.